The summed E-state index contributed by atoms with van der Waals surface area (Å²) in [4.78, 5) is 1.19. The number of hydrogen-bond acceptors (Lipinski definition) is 4. The predicted octanol–water partition coefficient (Wildman–Crippen LogP) is 3.41. The lowest BCUT2D eigenvalue weighted by Crippen LogP contribution is -2.28. The van der Waals surface area contributed by atoms with Gasteiger partial charge < -0.3 is 0 Å². The fraction of sp³-hybridized carbons (Fsp3) is 0.333. The van der Waals surface area contributed by atoms with Crippen LogP contribution in [0.25, 0.3) is 0 Å². The molecule has 0 aromatic carbocycles. The number of hydrogen-bond donors (Lipinski definition) is 0. The van der Waals surface area contributed by atoms with E-state index in [1.165, 1.54) is 20.5 Å². The van der Waals surface area contributed by atoms with Gasteiger partial charge in [0.1, 0.15) is 4.21 Å². The van der Waals surface area contributed by atoms with Crippen molar-refractivity contribution in [3.8, 4) is 0 Å². The molecule has 0 atom stereocenters. The number of likely N-dealkylation sites (N-methyl/N-ethyl adjacent to an activating group) is 1. The summed E-state index contributed by atoms with van der Waals surface area (Å²) in [6.07, 6.45) is 0.737. The van der Waals surface area contributed by atoms with Crippen molar-refractivity contribution < 1.29 is 8.42 Å². The summed E-state index contributed by atoms with van der Waals surface area (Å²) in [6, 6.07) is 5.64. The van der Waals surface area contributed by atoms with Gasteiger partial charge in [-0.2, -0.15) is 4.31 Å². The lowest BCUT2D eigenvalue weighted by Gasteiger charge is -2.15. The summed E-state index contributed by atoms with van der Waals surface area (Å²) in [5.41, 5.74) is 0.844. The van der Waals surface area contributed by atoms with Gasteiger partial charge in [0.15, 0.2) is 0 Å². The second-order valence-corrected chi connectivity index (χ2v) is 8.55. The fourth-order valence-corrected chi connectivity index (χ4v) is 5.09. The van der Waals surface area contributed by atoms with Crippen molar-refractivity contribution in [1.82, 2.24) is 4.31 Å². The Balaban J connectivity index is 2.06. The summed E-state index contributed by atoms with van der Waals surface area (Å²) in [6.45, 7) is 0.483. The smallest absolute Gasteiger partial charge is 0.206 e. The lowest BCUT2D eigenvalue weighted by molar-refractivity contribution is 0.475. The molecule has 0 bridgehead atoms. The monoisotopic (exact) mass is 335 g/mol. The van der Waals surface area contributed by atoms with E-state index in [9.17, 15) is 8.42 Å². The molecule has 0 amide bonds. The average Bonchev–Trinajstić information content (AvgIpc) is 3.06. The van der Waals surface area contributed by atoms with Crippen molar-refractivity contribution in [2.45, 2.75) is 16.5 Å². The van der Waals surface area contributed by atoms with Crippen LogP contribution in [0, 0.1) is 0 Å². The maximum atomic E-state index is 12.3. The van der Waals surface area contributed by atoms with Gasteiger partial charge in [-0.25, -0.2) is 8.42 Å². The molecule has 2 heterocycles. The molecule has 0 fully saturated rings. The van der Waals surface area contributed by atoms with Gasteiger partial charge in [0.2, 0.25) is 0 Å². The first-order chi connectivity index (χ1) is 9.04. The molecule has 0 spiro atoms. The van der Waals surface area contributed by atoms with Crippen LogP contribution in [-0.4, -0.2) is 26.3 Å². The quantitative estimate of drug-likeness (QED) is 0.759. The van der Waals surface area contributed by atoms with Crippen molar-refractivity contribution >= 4 is 44.3 Å². The molecule has 2 aromatic rings. The van der Waals surface area contributed by atoms with E-state index in [-0.39, 0.29) is 0 Å². The molecule has 0 aliphatic carbocycles. The molecule has 3 nitrogen and oxygen atoms in total. The van der Waals surface area contributed by atoms with Crippen LogP contribution in [0.2, 0.25) is 0 Å². The van der Waals surface area contributed by atoms with E-state index >= 15 is 0 Å². The largest absolute Gasteiger partial charge is 0.252 e. The van der Waals surface area contributed by atoms with Gasteiger partial charge in [-0.15, -0.1) is 34.3 Å². The standard InChI is InChI=1S/C12H14ClNO2S3/c1-14(5-4-11-3-2-6-17-11)19(15,16)12-7-10(8-13)9-18-12/h2-3,6-7,9H,4-5,8H2,1H3. The Morgan fingerprint density at radius 1 is 1.37 bits per heavy atom. The van der Waals surface area contributed by atoms with Crippen molar-refractivity contribution in [3.05, 3.63) is 39.4 Å². The minimum Gasteiger partial charge on any atom is -0.206 e. The minimum absolute atomic E-state index is 0.338. The molecule has 0 radical (unpaired) electrons. The van der Waals surface area contributed by atoms with E-state index < -0.39 is 10.0 Å². The first-order valence-corrected chi connectivity index (χ1v) is 9.39. The van der Waals surface area contributed by atoms with E-state index in [1.807, 2.05) is 17.5 Å². The molecule has 0 saturated heterocycles. The van der Waals surface area contributed by atoms with Crippen LogP contribution in [0.4, 0.5) is 0 Å². The van der Waals surface area contributed by atoms with Crippen molar-refractivity contribution in [2.24, 2.45) is 0 Å². The zero-order valence-corrected chi connectivity index (χ0v) is 13.6. The van der Waals surface area contributed by atoms with Crippen molar-refractivity contribution in [3.63, 3.8) is 0 Å². The third-order valence-electron chi connectivity index (χ3n) is 2.70. The first-order valence-electron chi connectivity index (χ1n) is 5.66. The number of alkyl halides is 1. The van der Waals surface area contributed by atoms with E-state index in [2.05, 4.69) is 0 Å². The summed E-state index contributed by atoms with van der Waals surface area (Å²) in [5, 5.41) is 3.78. The van der Waals surface area contributed by atoms with Crippen LogP contribution >= 0.6 is 34.3 Å². The summed E-state index contributed by atoms with van der Waals surface area (Å²) >= 11 is 8.56. The third kappa shape index (κ3) is 3.58. The highest BCUT2D eigenvalue weighted by Gasteiger charge is 2.22. The minimum atomic E-state index is -3.38. The van der Waals surface area contributed by atoms with Crippen molar-refractivity contribution in [1.29, 1.82) is 0 Å². The number of rotatable bonds is 6. The zero-order chi connectivity index (χ0) is 13.9. The number of sulfonamides is 1. The van der Waals surface area contributed by atoms with E-state index in [4.69, 9.17) is 11.6 Å². The fourth-order valence-electron chi connectivity index (χ4n) is 1.55. The van der Waals surface area contributed by atoms with Crippen LogP contribution < -0.4 is 0 Å². The summed E-state index contributed by atoms with van der Waals surface area (Å²) < 4.78 is 26.4. The van der Waals surface area contributed by atoms with Crippen LogP contribution in [0.3, 0.4) is 0 Å². The van der Waals surface area contributed by atoms with Crippen LogP contribution in [-0.2, 0) is 22.3 Å². The van der Waals surface area contributed by atoms with Crippen molar-refractivity contribution in [2.75, 3.05) is 13.6 Å². The van der Waals surface area contributed by atoms with Gasteiger partial charge in [0, 0.05) is 24.3 Å². The Morgan fingerprint density at radius 3 is 2.74 bits per heavy atom. The number of thiophene rings is 2. The molecular formula is C12H14ClNO2S3. The molecule has 19 heavy (non-hydrogen) atoms. The summed E-state index contributed by atoms with van der Waals surface area (Å²) in [5.74, 6) is 0.338. The van der Waals surface area contributed by atoms with Gasteiger partial charge >= 0.3 is 0 Å². The Bertz CT molecular complexity index is 619. The molecular weight excluding hydrogens is 322 g/mol. The lowest BCUT2D eigenvalue weighted by atomic mass is 10.3. The Morgan fingerprint density at radius 2 is 2.16 bits per heavy atom. The molecule has 104 valence electrons. The zero-order valence-electron chi connectivity index (χ0n) is 10.4. The Labute approximate surface area is 126 Å². The molecule has 0 unspecified atom stereocenters. The molecule has 0 aliphatic heterocycles. The first kappa shape index (κ1) is 15.0. The topological polar surface area (TPSA) is 37.4 Å². The molecule has 0 aliphatic rings. The highest BCUT2D eigenvalue weighted by Crippen LogP contribution is 2.24. The third-order valence-corrected chi connectivity index (χ3v) is 7.27. The van der Waals surface area contributed by atoms with Gasteiger partial charge in [-0.3, -0.25) is 0 Å². The van der Waals surface area contributed by atoms with E-state index in [0.29, 0.717) is 16.6 Å². The highest BCUT2D eigenvalue weighted by atomic mass is 35.5. The van der Waals surface area contributed by atoms with Gasteiger partial charge in [-0.05, 0) is 34.9 Å². The summed E-state index contributed by atoms with van der Waals surface area (Å²) in [7, 11) is -1.77. The van der Waals surface area contributed by atoms with E-state index in [1.54, 1.807) is 29.8 Å². The van der Waals surface area contributed by atoms with Crippen LogP contribution in [0.15, 0.2) is 33.2 Å². The number of halogens is 1. The van der Waals surface area contributed by atoms with Crippen LogP contribution in [0.5, 0.6) is 0 Å². The average molecular weight is 336 g/mol. The van der Waals surface area contributed by atoms with Gasteiger partial charge in [0.05, 0.1) is 0 Å². The van der Waals surface area contributed by atoms with E-state index in [0.717, 1.165) is 12.0 Å². The van der Waals surface area contributed by atoms with Gasteiger partial charge in [0.25, 0.3) is 10.0 Å². The second-order valence-electron chi connectivity index (χ2n) is 4.06. The Hall–Kier alpha value is -0.400. The van der Waals surface area contributed by atoms with Gasteiger partial charge in [-0.1, -0.05) is 6.07 Å². The predicted molar refractivity (Wildman–Crippen MR) is 81.7 cm³/mol. The maximum absolute atomic E-state index is 12.3. The Kier molecular flexibility index (Phi) is 5.03. The SMILES string of the molecule is CN(CCc1cccs1)S(=O)(=O)c1cc(CCl)cs1. The molecule has 0 saturated carbocycles. The highest BCUT2D eigenvalue weighted by molar-refractivity contribution is 7.91. The normalized spacial score (nSPS) is 12.2. The molecule has 7 heteroatoms. The second kappa shape index (κ2) is 6.37. The molecule has 2 rings (SSSR count). The maximum Gasteiger partial charge on any atom is 0.252 e. The van der Waals surface area contributed by atoms with Crippen LogP contribution in [0.1, 0.15) is 10.4 Å². The molecule has 0 N–H and O–H groups in total. The number of nitrogens with zero attached hydrogens (tertiary/aromatic N) is 1. The molecule has 2 aromatic heterocycles.